The van der Waals surface area contributed by atoms with Crippen LogP contribution in [-0.2, 0) is 22.2 Å². The lowest BCUT2D eigenvalue weighted by atomic mass is 9.91. The van der Waals surface area contributed by atoms with Gasteiger partial charge in [0.15, 0.2) is 0 Å². The van der Waals surface area contributed by atoms with Gasteiger partial charge in [-0.15, -0.1) is 0 Å². The number of hydrogen-bond donors (Lipinski definition) is 2. The molecule has 0 fully saturated rings. The van der Waals surface area contributed by atoms with Crippen LogP contribution in [0.4, 0.5) is 23.7 Å². The molecule has 2 aliphatic rings. The zero-order chi connectivity index (χ0) is 30.0. The van der Waals surface area contributed by atoms with Crippen LogP contribution in [0.15, 0.2) is 90.1 Å². The Kier molecular flexibility index (Phi) is 7.93. The summed E-state index contributed by atoms with van der Waals surface area (Å²) in [4.78, 5) is 43.7. The number of hydrogen-bond acceptors (Lipinski definition) is 4. The Labute approximate surface area is 240 Å². The average molecular weight is 579 g/mol. The maximum Gasteiger partial charge on any atom is 0.416 e. The van der Waals surface area contributed by atoms with E-state index in [1.807, 2.05) is 30.3 Å². The number of nitrogens with zero attached hydrogens (tertiary/aromatic N) is 2. The van der Waals surface area contributed by atoms with Crippen molar-refractivity contribution < 1.29 is 32.3 Å². The van der Waals surface area contributed by atoms with Crippen molar-refractivity contribution in [2.24, 2.45) is 0 Å². The van der Waals surface area contributed by atoms with Gasteiger partial charge in [0.2, 0.25) is 5.91 Å². The second-order valence-corrected chi connectivity index (χ2v) is 9.93. The third-order valence-corrected chi connectivity index (χ3v) is 7.45. The molecule has 42 heavy (non-hydrogen) atoms. The molecule has 2 N–H and O–H groups in total. The van der Waals surface area contributed by atoms with Gasteiger partial charge in [0.05, 0.1) is 36.5 Å². The second kappa shape index (κ2) is 11.6. The molecular weight excluding hydrogens is 549 g/mol. The lowest BCUT2D eigenvalue weighted by Crippen LogP contribution is -2.47. The number of ether oxygens (including phenoxy) is 1. The van der Waals surface area contributed by atoms with Crippen LogP contribution in [0.5, 0.6) is 5.75 Å². The molecule has 0 saturated heterocycles. The van der Waals surface area contributed by atoms with Crippen LogP contribution in [-0.4, -0.2) is 53.9 Å². The van der Waals surface area contributed by atoms with Crippen LogP contribution in [0.2, 0.25) is 0 Å². The van der Waals surface area contributed by atoms with E-state index >= 15 is 0 Å². The molecule has 2 atom stereocenters. The number of anilines is 1. The summed E-state index contributed by atoms with van der Waals surface area (Å²) in [7, 11) is 1.52. The molecule has 0 bridgehead atoms. The molecule has 2 heterocycles. The van der Waals surface area contributed by atoms with Crippen molar-refractivity contribution in [3.05, 3.63) is 107 Å². The fourth-order valence-electron chi connectivity index (χ4n) is 5.42. The number of carbonyl (C=O) groups excluding carboxylic acids is 3. The summed E-state index contributed by atoms with van der Waals surface area (Å²) in [5.74, 6) is -0.495. The molecule has 4 amide bonds. The van der Waals surface area contributed by atoms with Crippen LogP contribution >= 0.6 is 0 Å². The minimum absolute atomic E-state index is 0.0171. The molecule has 2 aliphatic heterocycles. The first kappa shape index (κ1) is 28.7. The predicted molar refractivity (Wildman–Crippen MR) is 149 cm³/mol. The Bertz CT molecular complexity index is 1520. The lowest BCUT2D eigenvalue weighted by molar-refractivity contribution is -0.138. The maximum atomic E-state index is 14.1. The standard InChI is InChI=1S/C31H29F3N4O4/c1-3-37-25-18-38(29(40)26(25)27(36-30(37)41)22-11-7-8-12-23(22)31(32,33)34)24(17-19-9-5-4-6-10-19)28(39)35-20-13-15-21(42-2)16-14-20/h4-16,24,27H,3,17-18H2,1-2H3,(H,35,39)(H,36,41). The van der Waals surface area contributed by atoms with E-state index in [9.17, 15) is 27.6 Å². The largest absolute Gasteiger partial charge is 0.497 e. The molecule has 0 spiro atoms. The first-order chi connectivity index (χ1) is 20.1. The average Bonchev–Trinajstić information content (AvgIpc) is 3.32. The van der Waals surface area contributed by atoms with Gasteiger partial charge in [0.1, 0.15) is 11.8 Å². The van der Waals surface area contributed by atoms with Crippen LogP contribution in [0, 0.1) is 0 Å². The van der Waals surface area contributed by atoms with Gasteiger partial charge in [-0.1, -0.05) is 48.5 Å². The Balaban J connectivity index is 1.54. The van der Waals surface area contributed by atoms with Crippen molar-refractivity contribution >= 4 is 23.5 Å². The highest BCUT2D eigenvalue weighted by molar-refractivity contribution is 6.05. The number of benzene rings is 3. The quantitative estimate of drug-likeness (QED) is 0.387. The van der Waals surface area contributed by atoms with Gasteiger partial charge >= 0.3 is 12.2 Å². The number of likely N-dealkylation sites (N-methyl/N-ethyl adjacent to an activating group) is 1. The number of urea groups is 1. The van der Waals surface area contributed by atoms with Gasteiger partial charge in [-0.05, 0) is 48.4 Å². The lowest BCUT2D eigenvalue weighted by Gasteiger charge is -2.33. The van der Waals surface area contributed by atoms with E-state index in [1.165, 1.54) is 35.1 Å². The van der Waals surface area contributed by atoms with E-state index in [0.717, 1.165) is 11.6 Å². The van der Waals surface area contributed by atoms with Crippen molar-refractivity contribution in [3.63, 3.8) is 0 Å². The zero-order valence-corrected chi connectivity index (χ0v) is 22.9. The second-order valence-electron chi connectivity index (χ2n) is 9.93. The highest BCUT2D eigenvalue weighted by Gasteiger charge is 2.48. The van der Waals surface area contributed by atoms with Gasteiger partial charge < -0.3 is 20.3 Å². The van der Waals surface area contributed by atoms with E-state index in [0.29, 0.717) is 11.4 Å². The van der Waals surface area contributed by atoms with Crippen molar-refractivity contribution in [2.45, 2.75) is 31.6 Å². The van der Waals surface area contributed by atoms with E-state index in [-0.39, 0.29) is 36.3 Å². The molecular formula is C31H29F3N4O4. The van der Waals surface area contributed by atoms with E-state index in [4.69, 9.17) is 4.74 Å². The SMILES string of the molecule is CCN1C(=O)NC(c2ccccc2C(F)(F)F)C2=C1CN(C(Cc1ccccc1)C(=O)Nc1ccc(OC)cc1)C2=O. The normalized spacial score (nSPS) is 17.6. The van der Waals surface area contributed by atoms with Crippen LogP contribution in [0.25, 0.3) is 0 Å². The van der Waals surface area contributed by atoms with Gasteiger partial charge in [0.25, 0.3) is 5.91 Å². The van der Waals surface area contributed by atoms with Crippen molar-refractivity contribution in [1.29, 1.82) is 0 Å². The van der Waals surface area contributed by atoms with Gasteiger partial charge in [-0.2, -0.15) is 13.2 Å². The number of halogens is 3. The minimum atomic E-state index is -4.71. The molecule has 0 radical (unpaired) electrons. The fourth-order valence-corrected chi connectivity index (χ4v) is 5.42. The fraction of sp³-hybridized carbons (Fsp3) is 0.258. The molecule has 2 unspecified atom stereocenters. The van der Waals surface area contributed by atoms with Crippen molar-refractivity contribution in [2.75, 3.05) is 25.5 Å². The number of nitrogens with one attached hydrogen (secondary N) is 2. The van der Waals surface area contributed by atoms with E-state index in [1.54, 1.807) is 31.2 Å². The number of rotatable bonds is 8. The Morgan fingerprint density at radius 3 is 2.33 bits per heavy atom. The van der Waals surface area contributed by atoms with E-state index in [2.05, 4.69) is 10.6 Å². The third kappa shape index (κ3) is 5.54. The summed E-state index contributed by atoms with van der Waals surface area (Å²) < 4.78 is 47.2. The molecule has 5 rings (SSSR count). The molecule has 0 aliphatic carbocycles. The molecule has 3 aromatic carbocycles. The summed E-state index contributed by atoms with van der Waals surface area (Å²) in [6, 6.07) is 17.7. The molecule has 218 valence electrons. The number of methoxy groups -OCH3 is 1. The summed E-state index contributed by atoms with van der Waals surface area (Å²) >= 11 is 0. The first-order valence-electron chi connectivity index (χ1n) is 13.4. The maximum absolute atomic E-state index is 14.1. The molecule has 11 heteroatoms. The van der Waals surface area contributed by atoms with Crippen LogP contribution in [0.3, 0.4) is 0 Å². The monoisotopic (exact) mass is 578 g/mol. The van der Waals surface area contributed by atoms with Gasteiger partial charge in [-0.25, -0.2) is 4.79 Å². The van der Waals surface area contributed by atoms with Crippen LogP contribution < -0.4 is 15.4 Å². The summed E-state index contributed by atoms with van der Waals surface area (Å²) in [5.41, 5.74) is 0.375. The third-order valence-electron chi connectivity index (χ3n) is 7.45. The Morgan fingerprint density at radius 2 is 1.69 bits per heavy atom. The van der Waals surface area contributed by atoms with Crippen molar-refractivity contribution in [3.8, 4) is 5.75 Å². The Hall–Kier alpha value is -4.80. The smallest absolute Gasteiger partial charge is 0.416 e. The predicted octanol–water partition coefficient (Wildman–Crippen LogP) is 5.15. The summed E-state index contributed by atoms with van der Waals surface area (Å²) in [6.45, 7) is 1.77. The van der Waals surface area contributed by atoms with Crippen molar-refractivity contribution in [1.82, 2.24) is 15.1 Å². The molecule has 0 aromatic heterocycles. The number of carbonyl (C=O) groups is 3. The van der Waals surface area contributed by atoms with Gasteiger partial charge in [-0.3, -0.25) is 14.5 Å². The summed E-state index contributed by atoms with van der Waals surface area (Å²) in [5, 5.41) is 5.45. The van der Waals surface area contributed by atoms with E-state index < -0.39 is 41.7 Å². The topological polar surface area (TPSA) is 91.0 Å². The minimum Gasteiger partial charge on any atom is -0.497 e. The number of alkyl halides is 3. The highest BCUT2D eigenvalue weighted by Crippen LogP contribution is 2.42. The molecule has 0 saturated carbocycles. The zero-order valence-electron chi connectivity index (χ0n) is 22.9. The van der Waals surface area contributed by atoms with Crippen LogP contribution in [0.1, 0.15) is 29.7 Å². The molecule has 3 aromatic rings. The molecule has 8 nitrogen and oxygen atoms in total. The number of amides is 4. The van der Waals surface area contributed by atoms with Gasteiger partial charge in [0, 0.05) is 18.7 Å². The summed E-state index contributed by atoms with van der Waals surface area (Å²) in [6.07, 6.45) is -4.56. The highest BCUT2D eigenvalue weighted by atomic mass is 19.4. The first-order valence-corrected chi connectivity index (χ1v) is 13.4. The Morgan fingerprint density at radius 1 is 1.02 bits per heavy atom.